The zero-order valence-corrected chi connectivity index (χ0v) is 12.0. The van der Waals surface area contributed by atoms with Crippen molar-refractivity contribution in [2.24, 2.45) is 0 Å². The molecule has 0 saturated heterocycles. The maximum atomic E-state index is 13.2. The molecular formula is C15H15BrFN. The molecule has 0 aromatic heterocycles. The van der Waals surface area contributed by atoms with E-state index in [-0.39, 0.29) is 11.9 Å². The summed E-state index contributed by atoms with van der Waals surface area (Å²) in [5.74, 6) is -0.204. The lowest BCUT2D eigenvalue weighted by molar-refractivity contribution is 0.623. The maximum Gasteiger partial charge on any atom is 0.123 e. The fourth-order valence-electron chi connectivity index (χ4n) is 1.85. The SMILES string of the molecule is Cc1cccc(NC(C)c2cccc(F)c2)c1Br. The molecule has 0 radical (unpaired) electrons. The Morgan fingerprint density at radius 1 is 1.17 bits per heavy atom. The standard InChI is InChI=1S/C15H15BrFN/c1-10-5-3-8-14(15(10)16)18-11(2)12-6-4-7-13(17)9-12/h3-9,11,18H,1-2H3. The van der Waals surface area contributed by atoms with Crippen LogP contribution >= 0.6 is 15.9 Å². The molecule has 0 fully saturated rings. The van der Waals surface area contributed by atoms with E-state index < -0.39 is 0 Å². The lowest BCUT2D eigenvalue weighted by Crippen LogP contribution is -2.07. The van der Waals surface area contributed by atoms with Crippen LogP contribution in [0.1, 0.15) is 24.1 Å². The molecule has 1 N–H and O–H groups in total. The van der Waals surface area contributed by atoms with E-state index in [1.165, 1.54) is 11.6 Å². The Hall–Kier alpha value is -1.35. The first kappa shape index (κ1) is 13.1. The van der Waals surface area contributed by atoms with Gasteiger partial charge in [0, 0.05) is 16.2 Å². The number of anilines is 1. The molecule has 0 amide bonds. The second-order valence-electron chi connectivity index (χ2n) is 4.36. The van der Waals surface area contributed by atoms with Gasteiger partial charge in [0.2, 0.25) is 0 Å². The molecule has 1 nitrogen and oxygen atoms in total. The van der Waals surface area contributed by atoms with Gasteiger partial charge in [0.25, 0.3) is 0 Å². The Morgan fingerprint density at radius 2 is 1.89 bits per heavy atom. The zero-order valence-electron chi connectivity index (χ0n) is 10.4. The molecule has 1 unspecified atom stereocenters. The summed E-state index contributed by atoms with van der Waals surface area (Å²) >= 11 is 3.56. The van der Waals surface area contributed by atoms with E-state index in [9.17, 15) is 4.39 Å². The summed E-state index contributed by atoms with van der Waals surface area (Å²) in [5, 5.41) is 3.38. The van der Waals surface area contributed by atoms with Crippen molar-refractivity contribution in [1.29, 1.82) is 0 Å². The topological polar surface area (TPSA) is 12.0 Å². The van der Waals surface area contributed by atoms with Crippen LogP contribution in [0, 0.1) is 12.7 Å². The van der Waals surface area contributed by atoms with Crippen LogP contribution in [-0.2, 0) is 0 Å². The Kier molecular flexibility index (Phi) is 4.02. The van der Waals surface area contributed by atoms with E-state index in [0.29, 0.717) is 0 Å². The number of aryl methyl sites for hydroxylation is 1. The summed E-state index contributed by atoms with van der Waals surface area (Å²) in [7, 11) is 0. The molecule has 0 heterocycles. The second kappa shape index (κ2) is 5.53. The Labute approximate surface area is 115 Å². The first-order valence-corrected chi connectivity index (χ1v) is 6.64. The smallest absolute Gasteiger partial charge is 0.123 e. The Morgan fingerprint density at radius 3 is 2.61 bits per heavy atom. The van der Waals surface area contributed by atoms with Gasteiger partial charge in [-0.2, -0.15) is 0 Å². The van der Waals surface area contributed by atoms with E-state index in [0.717, 1.165) is 15.7 Å². The van der Waals surface area contributed by atoms with Crippen molar-refractivity contribution in [3.8, 4) is 0 Å². The quantitative estimate of drug-likeness (QED) is 0.834. The second-order valence-corrected chi connectivity index (χ2v) is 5.15. The van der Waals surface area contributed by atoms with Gasteiger partial charge in [-0.05, 0) is 59.1 Å². The minimum atomic E-state index is -0.204. The summed E-state index contributed by atoms with van der Waals surface area (Å²) < 4.78 is 14.2. The van der Waals surface area contributed by atoms with Crippen LogP contribution < -0.4 is 5.32 Å². The number of hydrogen-bond acceptors (Lipinski definition) is 1. The molecule has 94 valence electrons. The third-order valence-corrected chi connectivity index (χ3v) is 3.97. The predicted octanol–water partition coefficient (Wildman–Crippen LogP) is 5.07. The fraction of sp³-hybridized carbons (Fsp3) is 0.200. The molecule has 0 aliphatic rings. The minimum absolute atomic E-state index is 0.0544. The average molecular weight is 308 g/mol. The lowest BCUT2D eigenvalue weighted by Gasteiger charge is -2.17. The number of rotatable bonds is 3. The molecule has 0 saturated carbocycles. The molecule has 0 aliphatic carbocycles. The van der Waals surface area contributed by atoms with Crippen molar-refractivity contribution >= 4 is 21.6 Å². The first-order chi connectivity index (χ1) is 8.58. The maximum absolute atomic E-state index is 13.2. The van der Waals surface area contributed by atoms with Crippen molar-refractivity contribution < 1.29 is 4.39 Å². The van der Waals surface area contributed by atoms with Crippen molar-refractivity contribution in [1.82, 2.24) is 0 Å². The van der Waals surface area contributed by atoms with Crippen LogP contribution in [0.4, 0.5) is 10.1 Å². The number of benzene rings is 2. The van der Waals surface area contributed by atoms with E-state index >= 15 is 0 Å². The first-order valence-electron chi connectivity index (χ1n) is 5.85. The van der Waals surface area contributed by atoms with Crippen LogP contribution in [0.5, 0.6) is 0 Å². The van der Waals surface area contributed by atoms with E-state index in [4.69, 9.17) is 0 Å². The Balaban J connectivity index is 2.21. The van der Waals surface area contributed by atoms with Gasteiger partial charge in [0.05, 0.1) is 0 Å². The third kappa shape index (κ3) is 2.91. The van der Waals surface area contributed by atoms with Crippen molar-refractivity contribution in [2.45, 2.75) is 19.9 Å². The van der Waals surface area contributed by atoms with Gasteiger partial charge in [0.1, 0.15) is 5.82 Å². The normalized spacial score (nSPS) is 12.2. The van der Waals surface area contributed by atoms with Gasteiger partial charge in [-0.25, -0.2) is 4.39 Å². The van der Waals surface area contributed by atoms with Crippen LogP contribution in [0.2, 0.25) is 0 Å². The summed E-state index contributed by atoms with van der Waals surface area (Å²) in [6, 6.07) is 12.8. The van der Waals surface area contributed by atoms with Gasteiger partial charge in [0.15, 0.2) is 0 Å². The van der Waals surface area contributed by atoms with E-state index in [1.54, 1.807) is 12.1 Å². The van der Waals surface area contributed by atoms with Gasteiger partial charge in [-0.1, -0.05) is 24.3 Å². The highest BCUT2D eigenvalue weighted by Crippen LogP contribution is 2.29. The predicted molar refractivity (Wildman–Crippen MR) is 77.3 cm³/mol. The fourth-order valence-corrected chi connectivity index (χ4v) is 2.23. The highest BCUT2D eigenvalue weighted by atomic mass is 79.9. The average Bonchev–Trinajstić information content (AvgIpc) is 2.35. The Bertz CT molecular complexity index is 554. The summed E-state index contributed by atoms with van der Waals surface area (Å²) in [6.45, 7) is 4.06. The molecule has 2 rings (SSSR count). The molecular weight excluding hydrogens is 293 g/mol. The van der Waals surface area contributed by atoms with Crippen molar-refractivity contribution in [2.75, 3.05) is 5.32 Å². The highest BCUT2D eigenvalue weighted by Gasteiger charge is 2.09. The lowest BCUT2D eigenvalue weighted by atomic mass is 10.1. The monoisotopic (exact) mass is 307 g/mol. The summed E-state index contributed by atoms with van der Waals surface area (Å²) in [5.41, 5.74) is 3.13. The van der Waals surface area contributed by atoms with E-state index in [2.05, 4.69) is 21.2 Å². The van der Waals surface area contributed by atoms with Crippen molar-refractivity contribution in [3.63, 3.8) is 0 Å². The van der Waals surface area contributed by atoms with Crippen LogP contribution in [0.25, 0.3) is 0 Å². The molecule has 2 aromatic rings. The molecule has 0 aliphatic heterocycles. The largest absolute Gasteiger partial charge is 0.378 e. The third-order valence-electron chi connectivity index (χ3n) is 2.91. The van der Waals surface area contributed by atoms with Gasteiger partial charge >= 0.3 is 0 Å². The molecule has 2 aromatic carbocycles. The molecule has 18 heavy (non-hydrogen) atoms. The van der Waals surface area contributed by atoms with Crippen LogP contribution in [0.3, 0.4) is 0 Å². The number of nitrogens with one attached hydrogen (secondary N) is 1. The summed E-state index contributed by atoms with van der Waals surface area (Å²) in [4.78, 5) is 0. The molecule has 0 spiro atoms. The van der Waals surface area contributed by atoms with E-state index in [1.807, 2.05) is 38.1 Å². The van der Waals surface area contributed by atoms with Gasteiger partial charge in [-0.15, -0.1) is 0 Å². The van der Waals surface area contributed by atoms with Gasteiger partial charge in [-0.3, -0.25) is 0 Å². The minimum Gasteiger partial charge on any atom is -0.378 e. The van der Waals surface area contributed by atoms with Crippen molar-refractivity contribution in [3.05, 3.63) is 63.9 Å². The highest BCUT2D eigenvalue weighted by molar-refractivity contribution is 9.10. The molecule has 3 heteroatoms. The molecule has 1 atom stereocenters. The zero-order chi connectivity index (χ0) is 13.1. The molecule has 0 bridgehead atoms. The summed E-state index contributed by atoms with van der Waals surface area (Å²) in [6.07, 6.45) is 0. The van der Waals surface area contributed by atoms with Crippen LogP contribution in [0.15, 0.2) is 46.9 Å². The van der Waals surface area contributed by atoms with Crippen LogP contribution in [-0.4, -0.2) is 0 Å². The number of hydrogen-bond donors (Lipinski definition) is 1. The number of halogens is 2. The van der Waals surface area contributed by atoms with Gasteiger partial charge < -0.3 is 5.32 Å².